The molecule has 1 aliphatic carbocycles. The highest BCUT2D eigenvalue weighted by atomic mass is 16.5. The second kappa shape index (κ2) is 12.1. The van der Waals surface area contributed by atoms with Gasteiger partial charge in [-0.25, -0.2) is 0 Å². The van der Waals surface area contributed by atoms with E-state index in [1.54, 1.807) is 7.11 Å². The average Bonchev–Trinajstić information content (AvgIpc) is 3.58. The molecule has 2 N–H and O–H groups in total. The van der Waals surface area contributed by atoms with Gasteiger partial charge >= 0.3 is 6.01 Å². The van der Waals surface area contributed by atoms with Crippen LogP contribution in [-0.2, 0) is 22.4 Å². The van der Waals surface area contributed by atoms with E-state index < -0.39 is 0 Å². The van der Waals surface area contributed by atoms with Gasteiger partial charge in [0.1, 0.15) is 5.75 Å². The minimum absolute atomic E-state index is 0.00165. The van der Waals surface area contributed by atoms with Crippen LogP contribution >= 0.6 is 0 Å². The number of nitrogens with one attached hydrogen (secondary N) is 1. The Morgan fingerprint density at radius 1 is 1.16 bits per heavy atom. The van der Waals surface area contributed by atoms with E-state index in [0.29, 0.717) is 31.5 Å². The Morgan fingerprint density at radius 3 is 2.32 bits per heavy atom. The third-order valence-corrected chi connectivity index (χ3v) is 7.60. The predicted octanol–water partition coefficient (Wildman–Crippen LogP) is 2.88. The number of benzene rings is 2. The molecule has 10 nitrogen and oxygen atoms in total. The quantitative estimate of drug-likeness (QED) is 0.452. The highest BCUT2D eigenvalue weighted by molar-refractivity contribution is 5.79. The lowest BCUT2D eigenvalue weighted by atomic mass is 9.92. The normalized spacial score (nSPS) is 16.4. The Balaban J connectivity index is 0.00000107. The standard InChI is InChI=1S/C27H33N5O3.CH2O2/c1-31(2)27(16-21-6-4-5-7-22(21)17-27)18-28-25(33)20-12-14-32(15-13-20)26-29-24(30-35-26)19-8-10-23(34-3)11-9-19;2-1-3/h4-11,20H,12-18H2,1-3H3,(H,28,33);1H,(H,2,3). The van der Waals surface area contributed by atoms with Crippen molar-refractivity contribution in [3.8, 4) is 17.1 Å². The third kappa shape index (κ3) is 5.96. The Morgan fingerprint density at radius 2 is 1.76 bits per heavy atom. The van der Waals surface area contributed by atoms with E-state index in [2.05, 4.69) is 63.6 Å². The van der Waals surface area contributed by atoms with E-state index in [1.807, 2.05) is 24.3 Å². The van der Waals surface area contributed by atoms with Gasteiger partial charge in [-0.15, -0.1) is 0 Å². The van der Waals surface area contributed by atoms with Gasteiger partial charge in [0.05, 0.1) is 7.11 Å². The highest BCUT2D eigenvalue weighted by Crippen LogP contribution is 2.33. The van der Waals surface area contributed by atoms with Gasteiger partial charge in [0.2, 0.25) is 11.7 Å². The number of amides is 1. The van der Waals surface area contributed by atoms with Gasteiger partial charge < -0.3 is 29.5 Å². The van der Waals surface area contributed by atoms with Gasteiger partial charge in [0, 0.05) is 36.7 Å². The predicted molar refractivity (Wildman–Crippen MR) is 143 cm³/mol. The number of aromatic nitrogens is 2. The number of carbonyl (C=O) groups excluding carboxylic acids is 1. The fraction of sp³-hybridized carbons (Fsp3) is 0.429. The van der Waals surface area contributed by atoms with Crippen LogP contribution in [0.1, 0.15) is 24.0 Å². The summed E-state index contributed by atoms with van der Waals surface area (Å²) in [5.41, 5.74) is 3.58. The summed E-state index contributed by atoms with van der Waals surface area (Å²) in [6.07, 6.45) is 3.45. The largest absolute Gasteiger partial charge is 0.497 e. The molecule has 38 heavy (non-hydrogen) atoms. The SMILES string of the molecule is COc1ccc(-c2noc(N3CCC(C(=O)NCC4(N(C)C)Cc5ccccc5C4)CC3)n2)cc1.O=CO. The molecule has 0 radical (unpaired) electrons. The lowest BCUT2D eigenvalue weighted by Crippen LogP contribution is -2.54. The number of anilines is 1. The van der Waals surface area contributed by atoms with Crippen LogP contribution < -0.4 is 15.0 Å². The first-order chi connectivity index (χ1) is 18.4. The van der Waals surface area contributed by atoms with Crippen LogP contribution in [0.25, 0.3) is 11.4 Å². The first-order valence-corrected chi connectivity index (χ1v) is 12.7. The van der Waals surface area contributed by atoms with Crippen molar-refractivity contribution in [2.24, 2.45) is 5.92 Å². The molecule has 2 aromatic carbocycles. The van der Waals surface area contributed by atoms with Crippen LogP contribution in [0.4, 0.5) is 6.01 Å². The molecular weight excluding hydrogens is 486 g/mol. The number of piperidine rings is 1. The number of ether oxygens (including phenoxy) is 1. The molecular formula is C28H35N5O5. The summed E-state index contributed by atoms with van der Waals surface area (Å²) < 4.78 is 10.7. The van der Waals surface area contributed by atoms with Crippen molar-refractivity contribution in [2.45, 2.75) is 31.2 Å². The maximum absolute atomic E-state index is 13.1. The molecule has 0 unspecified atom stereocenters. The van der Waals surface area contributed by atoms with Crippen LogP contribution in [0.3, 0.4) is 0 Å². The Labute approximate surface area is 222 Å². The van der Waals surface area contributed by atoms with Gasteiger partial charge in [0.15, 0.2) is 0 Å². The molecule has 1 amide bonds. The second-order valence-corrected chi connectivity index (χ2v) is 9.95. The van der Waals surface area contributed by atoms with Crippen LogP contribution in [0.5, 0.6) is 5.75 Å². The van der Waals surface area contributed by atoms with E-state index in [-0.39, 0.29) is 23.8 Å². The van der Waals surface area contributed by atoms with Gasteiger partial charge in [0.25, 0.3) is 6.47 Å². The molecule has 2 heterocycles. The fourth-order valence-corrected chi connectivity index (χ4v) is 5.20. The number of fused-ring (bicyclic) bond motifs is 1. The van der Waals surface area contributed by atoms with Crippen molar-refractivity contribution in [1.82, 2.24) is 20.4 Å². The number of methoxy groups -OCH3 is 1. The second-order valence-electron chi connectivity index (χ2n) is 9.95. The molecule has 0 atom stereocenters. The molecule has 0 saturated carbocycles. The van der Waals surface area contributed by atoms with E-state index in [4.69, 9.17) is 19.2 Å². The summed E-state index contributed by atoms with van der Waals surface area (Å²) in [6.45, 7) is 1.84. The average molecular weight is 522 g/mol. The molecule has 5 rings (SSSR count). The zero-order valence-electron chi connectivity index (χ0n) is 22.1. The molecule has 1 aliphatic heterocycles. The molecule has 3 aromatic rings. The number of hydrogen-bond acceptors (Lipinski definition) is 8. The number of likely N-dealkylation sites (N-methyl/N-ethyl adjacent to an activating group) is 1. The minimum Gasteiger partial charge on any atom is -0.497 e. The van der Waals surface area contributed by atoms with Crippen molar-refractivity contribution in [1.29, 1.82) is 0 Å². The maximum Gasteiger partial charge on any atom is 0.324 e. The molecule has 10 heteroatoms. The molecule has 0 bridgehead atoms. The molecule has 2 aliphatic rings. The molecule has 1 fully saturated rings. The summed E-state index contributed by atoms with van der Waals surface area (Å²) in [6, 6.07) is 16.7. The molecule has 1 aromatic heterocycles. The summed E-state index contributed by atoms with van der Waals surface area (Å²) in [7, 11) is 5.86. The van der Waals surface area contributed by atoms with Gasteiger partial charge in [-0.1, -0.05) is 29.4 Å². The first kappa shape index (κ1) is 27.1. The number of nitrogens with zero attached hydrogens (tertiary/aromatic N) is 4. The van der Waals surface area contributed by atoms with Gasteiger partial charge in [-0.2, -0.15) is 4.98 Å². The van der Waals surface area contributed by atoms with Crippen molar-refractivity contribution < 1.29 is 24.0 Å². The molecule has 1 saturated heterocycles. The maximum atomic E-state index is 13.1. The smallest absolute Gasteiger partial charge is 0.324 e. The Kier molecular flexibility index (Phi) is 8.62. The van der Waals surface area contributed by atoms with Crippen molar-refractivity contribution in [3.05, 3.63) is 59.7 Å². The zero-order chi connectivity index (χ0) is 27.1. The number of carboxylic acid groups (broad SMARTS) is 1. The van der Waals surface area contributed by atoms with Crippen molar-refractivity contribution in [3.63, 3.8) is 0 Å². The van der Waals surface area contributed by atoms with Crippen LogP contribution in [0.2, 0.25) is 0 Å². The van der Waals surface area contributed by atoms with E-state index in [9.17, 15) is 4.79 Å². The van der Waals surface area contributed by atoms with Crippen LogP contribution in [-0.4, -0.2) is 78.9 Å². The summed E-state index contributed by atoms with van der Waals surface area (Å²) in [5, 5.41) is 14.3. The van der Waals surface area contributed by atoms with E-state index >= 15 is 0 Å². The highest BCUT2D eigenvalue weighted by Gasteiger charge is 2.40. The van der Waals surface area contributed by atoms with Crippen LogP contribution in [0.15, 0.2) is 53.1 Å². The van der Waals surface area contributed by atoms with E-state index in [0.717, 1.165) is 37.0 Å². The summed E-state index contributed by atoms with van der Waals surface area (Å²) in [5.74, 6) is 1.48. The van der Waals surface area contributed by atoms with Crippen LogP contribution in [0, 0.1) is 5.92 Å². The third-order valence-electron chi connectivity index (χ3n) is 7.60. The molecule has 0 spiro atoms. The summed E-state index contributed by atoms with van der Waals surface area (Å²) in [4.78, 5) is 30.3. The van der Waals surface area contributed by atoms with Crippen molar-refractivity contribution in [2.75, 3.05) is 45.7 Å². The Bertz CT molecular complexity index is 1190. The lowest BCUT2D eigenvalue weighted by molar-refractivity contribution is -0.126. The van der Waals surface area contributed by atoms with Gasteiger partial charge in [-0.3, -0.25) is 9.59 Å². The first-order valence-electron chi connectivity index (χ1n) is 12.7. The lowest BCUT2D eigenvalue weighted by Gasteiger charge is -2.37. The minimum atomic E-state index is -0.250. The monoisotopic (exact) mass is 521 g/mol. The Hall–Kier alpha value is -3.92. The number of rotatable bonds is 7. The summed E-state index contributed by atoms with van der Waals surface area (Å²) >= 11 is 0. The number of carbonyl (C=O) groups is 2. The van der Waals surface area contributed by atoms with Gasteiger partial charge in [-0.05, 0) is 75.2 Å². The number of hydrogen-bond donors (Lipinski definition) is 2. The zero-order valence-corrected chi connectivity index (χ0v) is 22.1. The van der Waals surface area contributed by atoms with E-state index in [1.165, 1.54) is 11.1 Å². The topological polar surface area (TPSA) is 121 Å². The fourth-order valence-electron chi connectivity index (χ4n) is 5.20. The molecule has 202 valence electrons. The van der Waals surface area contributed by atoms with Crippen molar-refractivity contribution >= 4 is 18.4 Å².